The molecule has 0 N–H and O–H groups in total. The van der Waals surface area contributed by atoms with Gasteiger partial charge in [0.05, 0.1) is 23.8 Å². The molecule has 0 aromatic heterocycles. The molecule has 2 aliphatic carbocycles. The molecule has 1 saturated heterocycles. The van der Waals surface area contributed by atoms with Gasteiger partial charge in [-0.25, -0.2) is 0 Å². The molecule has 0 spiro atoms. The molecule has 6 nitrogen and oxygen atoms in total. The number of ether oxygens (including phenoxy) is 3. The van der Waals surface area contributed by atoms with Crippen molar-refractivity contribution in [3.63, 3.8) is 0 Å². The molecule has 6 unspecified atom stereocenters. The number of alkyl halides is 1. The van der Waals surface area contributed by atoms with Crippen LogP contribution in [0, 0.1) is 23.7 Å². The topological polar surface area (TPSA) is 78.9 Å². The molecule has 25 heavy (non-hydrogen) atoms. The maximum atomic E-state index is 12.5. The van der Waals surface area contributed by atoms with Crippen LogP contribution in [-0.4, -0.2) is 42.4 Å². The maximum Gasteiger partial charge on any atom is 0.310 e. The third-order valence-corrected chi connectivity index (χ3v) is 6.73. The Morgan fingerprint density at radius 3 is 2.88 bits per heavy atom. The van der Waals surface area contributed by atoms with Gasteiger partial charge in [0.2, 0.25) is 0 Å². The first-order chi connectivity index (χ1) is 12.0. The summed E-state index contributed by atoms with van der Waals surface area (Å²) in [5, 5.41) is 0. The smallest absolute Gasteiger partial charge is 0.310 e. The van der Waals surface area contributed by atoms with E-state index in [0.29, 0.717) is 11.3 Å². The first-order valence-corrected chi connectivity index (χ1v) is 9.11. The zero-order valence-corrected chi connectivity index (χ0v) is 15.1. The molecule has 7 heteroatoms. The fourth-order valence-corrected chi connectivity index (χ4v) is 5.45. The van der Waals surface area contributed by atoms with E-state index in [1.165, 1.54) is 7.11 Å². The van der Waals surface area contributed by atoms with Crippen molar-refractivity contribution in [1.82, 2.24) is 0 Å². The Morgan fingerprint density at radius 2 is 2.12 bits per heavy atom. The number of methoxy groups -OCH3 is 1. The average molecular weight is 409 g/mol. The minimum Gasteiger partial charge on any atom is -0.497 e. The summed E-state index contributed by atoms with van der Waals surface area (Å²) in [4.78, 5) is 36.8. The summed E-state index contributed by atoms with van der Waals surface area (Å²) in [7, 11) is 1.52. The molecule has 3 fully saturated rings. The fraction of sp³-hybridized carbons (Fsp3) is 0.500. The third-order valence-electron chi connectivity index (χ3n) is 5.53. The number of carbonyl (C=O) groups is 3. The van der Waals surface area contributed by atoms with Crippen LogP contribution < -0.4 is 4.74 Å². The highest BCUT2D eigenvalue weighted by molar-refractivity contribution is 9.09. The summed E-state index contributed by atoms with van der Waals surface area (Å²) in [5.74, 6) is -1.41. The zero-order valence-electron chi connectivity index (χ0n) is 13.5. The van der Waals surface area contributed by atoms with Crippen LogP contribution in [0.25, 0.3) is 0 Å². The predicted molar refractivity (Wildman–Crippen MR) is 89.5 cm³/mol. The number of fused-ring (bicyclic) bond motifs is 1. The number of halogens is 1. The molecular formula is C18H17BrO6. The van der Waals surface area contributed by atoms with E-state index in [1.807, 2.05) is 0 Å². The quantitative estimate of drug-likeness (QED) is 0.421. The van der Waals surface area contributed by atoms with Gasteiger partial charge in [-0.05, 0) is 24.5 Å². The van der Waals surface area contributed by atoms with Gasteiger partial charge < -0.3 is 14.2 Å². The number of esters is 2. The van der Waals surface area contributed by atoms with E-state index < -0.39 is 17.8 Å². The summed E-state index contributed by atoms with van der Waals surface area (Å²) >= 11 is 3.55. The van der Waals surface area contributed by atoms with E-state index in [1.54, 1.807) is 24.3 Å². The molecule has 4 rings (SSSR count). The fourth-order valence-electron chi connectivity index (χ4n) is 4.41. The zero-order chi connectivity index (χ0) is 17.7. The standard InChI is InChI=1S/C18H17BrO6/c1-23-9-4-2-3-8(5-9)12(20)7-24-17(21)13-10-6-11-14(13)18(22)25-16(11)15(10)19/h2-5,10-11,13-16H,6-7H2,1H3. The molecule has 1 aromatic rings. The molecule has 132 valence electrons. The lowest BCUT2D eigenvalue weighted by Crippen LogP contribution is -2.39. The summed E-state index contributed by atoms with van der Waals surface area (Å²) in [6, 6.07) is 6.68. The highest BCUT2D eigenvalue weighted by Gasteiger charge is 2.68. The molecule has 0 amide bonds. The van der Waals surface area contributed by atoms with Gasteiger partial charge >= 0.3 is 11.9 Å². The molecule has 1 aliphatic heterocycles. The van der Waals surface area contributed by atoms with Gasteiger partial charge in [-0.3, -0.25) is 14.4 Å². The number of Topliss-reactive ketones (excluding diaryl/α,β-unsaturated/α-hetero) is 1. The van der Waals surface area contributed by atoms with Crippen LogP contribution in [0.3, 0.4) is 0 Å². The van der Waals surface area contributed by atoms with Gasteiger partial charge in [-0.15, -0.1) is 0 Å². The van der Waals surface area contributed by atoms with Crippen molar-refractivity contribution in [2.75, 3.05) is 13.7 Å². The van der Waals surface area contributed by atoms with E-state index >= 15 is 0 Å². The molecule has 2 bridgehead atoms. The first-order valence-electron chi connectivity index (χ1n) is 8.19. The van der Waals surface area contributed by atoms with Crippen LogP contribution in [0.4, 0.5) is 0 Å². The van der Waals surface area contributed by atoms with Gasteiger partial charge in [0.15, 0.2) is 12.4 Å². The van der Waals surface area contributed by atoms with E-state index in [2.05, 4.69) is 15.9 Å². The minimum atomic E-state index is -0.529. The molecular weight excluding hydrogens is 392 g/mol. The lowest BCUT2D eigenvalue weighted by Gasteiger charge is -2.26. The summed E-state index contributed by atoms with van der Waals surface area (Å²) in [5.41, 5.74) is 0.416. The van der Waals surface area contributed by atoms with Crippen LogP contribution in [0.5, 0.6) is 5.75 Å². The lowest BCUT2D eigenvalue weighted by atomic mass is 9.80. The molecule has 1 heterocycles. The van der Waals surface area contributed by atoms with Crippen molar-refractivity contribution in [2.24, 2.45) is 23.7 Å². The Bertz CT molecular complexity index is 747. The van der Waals surface area contributed by atoms with Crippen molar-refractivity contribution >= 4 is 33.7 Å². The monoisotopic (exact) mass is 408 g/mol. The Labute approximate surface area is 152 Å². The molecule has 1 aromatic carbocycles. The van der Waals surface area contributed by atoms with E-state index in [4.69, 9.17) is 14.2 Å². The Kier molecular flexibility index (Phi) is 4.06. The van der Waals surface area contributed by atoms with E-state index in [-0.39, 0.29) is 41.1 Å². The summed E-state index contributed by atoms with van der Waals surface area (Å²) in [6.45, 7) is -0.349. The van der Waals surface area contributed by atoms with Crippen LogP contribution in [0.2, 0.25) is 0 Å². The lowest BCUT2D eigenvalue weighted by molar-refractivity contribution is -0.154. The summed E-state index contributed by atoms with van der Waals surface area (Å²) in [6.07, 6.45) is 0.644. The highest BCUT2D eigenvalue weighted by Crippen LogP contribution is 2.60. The van der Waals surface area contributed by atoms with Gasteiger partial charge in [0.1, 0.15) is 11.9 Å². The molecule has 3 aliphatic rings. The maximum absolute atomic E-state index is 12.5. The Morgan fingerprint density at radius 1 is 1.32 bits per heavy atom. The number of hydrogen-bond donors (Lipinski definition) is 0. The van der Waals surface area contributed by atoms with Gasteiger partial charge in [-0.1, -0.05) is 28.1 Å². The second kappa shape index (κ2) is 6.12. The second-order valence-electron chi connectivity index (χ2n) is 6.72. The van der Waals surface area contributed by atoms with Crippen LogP contribution >= 0.6 is 15.9 Å². The van der Waals surface area contributed by atoms with E-state index in [9.17, 15) is 14.4 Å². The van der Waals surface area contributed by atoms with Gasteiger partial charge in [0, 0.05) is 11.5 Å². The van der Waals surface area contributed by atoms with Gasteiger partial charge in [0.25, 0.3) is 0 Å². The van der Waals surface area contributed by atoms with E-state index in [0.717, 1.165) is 6.42 Å². The van der Waals surface area contributed by atoms with Crippen LogP contribution in [0.15, 0.2) is 24.3 Å². The number of rotatable bonds is 5. The average Bonchev–Trinajstić information content (AvgIpc) is 3.23. The number of ketones is 1. The molecule has 2 saturated carbocycles. The molecule has 0 radical (unpaired) electrons. The second-order valence-corrected chi connectivity index (χ2v) is 7.78. The van der Waals surface area contributed by atoms with Crippen molar-refractivity contribution in [2.45, 2.75) is 17.4 Å². The Balaban J connectivity index is 1.43. The van der Waals surface area contributed by atoms with Crippen molar-refractivity contribution in [3.05, 3.63) is 29.8 Å². The Hall–Kier alpha value is -1.89. The largest absolute Gasteiger partial charge is 0.497 e. The van der Waals surface area contributed by atoms with Gasteiger partial charge in [-0.2, -0.15) is 0 Å². The highest BCUT2D eigenvalue weighted by atomic mass is 79.9. The molecule has 6 atom stereocenters. The predicted octanol–water partition coefficient (Wildman–Crippen LogP) is 1.99. The summed E-state index contributed by atoms with van der Waals surface area (Å²) < 4.78 is 15.7. The SMILES string of the molecule is COc1cccc(C(=O)COC(=O)C2C3CC4C(OC(=O)C42)C3Br)c1. The number of carbonyl (C=O) groups excluding carboxylic acids is 3. The third kappa shape index (κ3) is 2.56. The minimum absolute atomic E-state index is 0.0193. The number of hydrogen-bond acceptors (Lipinski definition) is 6. The first kappa shape index (κ1) is 16.6. The van der Waals surface area contributed by atoms with Crippen LogP contribution in [0.1, 0.15) is 16.8 Å². The van der Waals surface area contributed by atoms with Crippen LogP contribution in [-0.2, 0) is 19.1 Å². The number of benzene rings is 1. The normalized spacial score (nSPS) is 34.7. The van der Waals surface area contributed by atoms with Crippen molar-refractivity contribution in [3.8, 4) is 5.75 Å². The van der Waals surface area contributed by atoms with Crippen molar-refractivity contribution in [1.29, 1.82) is 0 Å². The van der Waals surface area contributed by atoms with Crippen molar-refractivity contribution < 1.29 is 28.6 Å².